The van der Waals surface area contributed by atoms with Crippen LogP contribution in [0.4, 0.5) is 10.2 Å². The van der Waals surface area contributed by atoms with Gasteiger partial charge >= 0.3 is 11.8 Å². The normalized spacial score (nSPS) is 10.8. The van der Waals surface area contributed by atoms with Crippen LogP contribution in [0.3, 0.4) is 0 Å². The molecule has 0 atom stereocenters. The van der Waals surface area contributed by atoms with Gasteiger partial charge in [-0.05, 0) is 35.7 Å². The number of hydrogen-bond acceptors (Lipinski definition) is 8. The van der Waals surface area contributed by atoms with Gasteiger partial charge in [0.05, 0.1) is 7.11 Å². The van der Waals surface area contributed by atoms with Gasteiger partial charge in [-0.15, -0.1) is 0 Å². The van der Waals surface area contributed by atoms with Gasteiger partial charge in [0.2, 0.25) is 0 Å². The molecule has 172 valence electrons. The highest BCUT2D eigenvalue weighted by Crippen LogP contribution is 2.32. The molecule has 0 radical (unpaired) electrons. The summed E-state index contributed by atoms with van der Waals surface area (Å²) in [5.41, 5.74) is 5.34. The molecule has 0 aliphatic heterocycles. The van der Waals surface area contributed by atoms with Crippen LogP contribution in [0, 0.1) is 5.82 Å². The molecule has 0 saturated carbocycles. The van der Waals surface area contributed by atoms with E-state index < -0.39 is 29.2 Å². The number of anilines is 1. The first kappa shape index (κ1) is 23.5. The predicted octanol–water partition coefficient (Wildman–Crippen LogP) is 0.888. The third-order valence-electron chi connectivity index (χ3n) is 4.37. The molecule has 4 N–H and O–H groups in total. The second-order valence-electron chi connectivity index (χ2n) is 7.13. The molecule has 2 heterocycles. The molecule has 0 bridgehead atoms. The van der Waals surface area contributed by atoms with Gasteiger partial charge in [-0.2, -0.15) is 0 Å². The maximum atomic E-state index is 13.2. The second-order valence-corrected chi connectivity index (χ2v) is 7.13. The molecule has 12 heteroatoms. The molecule has 33 heavy (non-hydrogen) atoms. The monoisotopic (exact) mass is 456 g/mol. The summed E-state index contributed by atoms with van der Waals surface area (Å²) >= 11 is 0. The van der Waals surface area contributed by atoms with E-state index in [1.54, 1.807) is 32.3 Å². The van der Waals surface area contributed by atoms with Crippen LogP contribution < -0.4 is 16.2 Å². The van der Waals surface area contributed by atoms with Gasteiger partial charge in [0.1, 0.15) is 17.2 Å². The van der Waals surface area contributed by atoms with Crippen LogP contribution in [0.1, 0.15) is 21.6 Å². The lowest BCUT2D eigenvalue weighted by atomic mass is 10.0. The number of hydroxylamine groups is 1. The van der Waals surface area contributed by atoms with Crippen LogP contribution in [0.15, 0.2) is 36.5 Å². The maximum absolute atomic E-state index is 13.2. The lowest BCUT2D eigenvalue weighted by molar-refractivity contribution is -0.142. The number of nitrogens with one attached hydrogen (secondary N) is 3. The fourth-order valence-electron chi connectivity index (χ4n) is 2.96. The van der Waals surface area contributed by atoms with Gasteiger partial charge in [-0.1, -0.05) is 12.1 Å². The fourth-order valence-corrected chi connectivity index (χ4v) is 2.96. The molecule has 1 aromatic carbocycles. The summed E-state index contributed by atoms with van der Waals surface area (Å²) in [4.78, 5) is 49.2. The molecule has 3 aromatic rings. The van der Waals surface area contributed by atoms with Crippen molar-refractivity contribution in [3.05, 3.63) is 59.2 Å². The molecular weight excluding hydrogens is 435 g/mol. The molecule has 11 nitrogen and oxygen atoms in total. The largest absolute Gasteiger partial charge is 0.504 e. The quantitative estimate of drug-likeness (QED) is 0.316. The Kier molecular flexibility index (Phi) is 7.10. The number of rotatable bonds is 6. The van der Waals surface area contributed by atoms with Crippen molar-refractivity contribution >= 4 is 34.4 Å². The number of carbonyl (C=O) groups excluding carboxylic acids is 3. The molecule has 0 aliphatic carbocycles. The molecular formula is C21H21FN6O5. The van der Waals surface area contributed by atoms with Gasteiger partial charge in [0.15, 0.2) is 11.4 Å². The number of fused-ring (bicyclic) bond motifs is 1. The Balaban J connectivity index is 2.08. The number of hydrazine groups is 1. The van der Waals surface area contributed by atoms with E-state index in [-0.39, 0.29) is 22.5 Å². The van der Waals surface area contributed by atoms with Gasteiger partial charge in [-0.3, -0.25) is 29.6 Å². The molecule has 3 rings (SSSR count). The summed E-state index contributed by atoms with van der Waals surface area (Å²) in [6, 6.07) is 7.47. The van der Waals surface area contributed by atoms with Crippen molar-refractivity contribution in [2.75, 3.05) is 26.5 Å². The summed E-state index contributed by atoms with van der Waals surface area (Å²) in [6.45, 7) is 0. The van der Waals surface area contributed by atoms with Crippen molar-refractivity contribution in [2.24, 2.45) is 0 Å². The SMILES string of the molecule is CONC(=O)C(=O)Nc1nc(C(=O)NN(C)C)c(O)c2ncc(Cc3ccc(F)cc3)cc12. The Morgan fingerprint density at radius 2 is 1.82 bits per heavy atom. The highest BCUT2D eigenvalue weighted by Gasteiger charge is 2.23. The molecule has 0 unspecified atom stereocenters. The zero-order chi connectivity index (χ0) is 24.1. The molecule has 2 aromatic heterocycles. The Labute approximate surface area is 187 Å². The van der Waals surface area contributed by atoms with E-state index in [1.807, 2.05) is 5.48 Å². The number of pyridine rings is 2. The summed E-state index contributed by atoms with van der Waals surface area (Å²) in [5, 5.41) is 14.5. The fraction of sp³-hybridized carbons (Fsp3) is 0.190. The average Bonchev–Trinajstić information content (AvgIpc) is 2.76. The van der Waals surface area contributed by atoms with Crippen molar-refractivity contribution in [3.63, 3.8) is 0 Å². The van der Waals surface area contributed by atoms with E-state index >= 15 is 0 Å². The first-order chi connectivity index (χ1) is 15.7. The molecule has 0 spiro atoms. The first-order valence-electron chi connectivity index (χ1n) is 9.58. The highest BCUT2D eigenvalue weighted by molar-refractivity contribution is 6.39. The lowest BCUT2D eigenvalue weighted by Crippen LogP contribution is -2.37. The van der Waals surface area contributed by atoms with Crippen molar-refractivity contribution < 1.29 is 28.7 Å². The number of halogens is 1. The van der Waals surface area contributed by atoms with Crippen LogP contribution in [0.5, 0.6) is 5.75 Å². The Morgan fingerprint density at radius 1 is 1.12 bits per heavy atom. The molecule has 0 fully saturated rings. The van der Waals surface area contributed by atoms with E-state index in [1.165, 1.54) is 23.3 Å². The minimum atomic E-state index is -1.11. The summed E-state index contributed by atoms with van der Waals surface area (Å²) in [7, 11) is 4.29. The number of nitrogens with zero attached hydrogens (tertiary/aromatic N) is 3. The highest BCUT2D eigenvalue weighted by atomic mass is 19.1. The van der Waals surface area contributed by atoms with E-state index in [0.717, 1.165) is 12.7 Å². The van der Waals surface area contributed by atoms with Gasteiger partial charge in [0, 0.05) is 25.7 Å². The number of carbonyl (C=O) groups is 3. The third-order valence-corrected chi connectivity index (χ3v) is 4.37. The first-order valence-corrected chi connectivity index (χ1v) is 9.58. The topological polar surface area (TPSA) is 146 Å². The Bertz CT molecular complexity index is 1220. The molecule has 0 aliphatic rings. The maximum Gasteiger partial charge on any atom is 0.333 e. The van der Waals surface area contributed by atoms with E-state index in [9.17, 15) is 23.9 Å². The van der Waals surface area contributed by atoms with Gasteiger partial charge in [0.25, 0.3) is 5.91 Å². The van der Waals surface area contributed by atoms with Crippen molar-refractivity contribution in [1.29, 1.82) is 0 Å². The summed E-state index contributed by atoms with van der Waals surface area (Å²) < 4.78 is 13.2. The zero-order valence-corrected chi connectivity index (χ0v) is 18.0. The van der Waals surface area contributed by atoms with Crippen LogP contribution in [0.25, 0.3) is 10.9 Å². The zero-order valence-electron chi connectivity index (χ0n) is 18.0. The lowest BCUT2D eigenvalue weighted by Gasteiger charge is -2.15. The second kappa shape index (κ2) is 9.97. The number of aromatic nitrogens is 2. The summed E-state index contributed by atoms with van der Waals surface area (Å²) in [5.74, 6) is -4.01. The third kappa shape index (κ3) is 5.56. The average molecular weight is 456 g/mol. The van der Waals surface area contributed by atoms with Crippen molar-refractivity contribution in [1.82, 2.24) is 25.9 Å². The minimum absolute atomic E-state index is 0.0146. The van der Waals surface area contributed by atoms with E-state index in [4.69, 9.17) is 0 Å². The van der Waals surface area contributed by atoms with Gasteiger partial charge < -0.3 is 10.4 Å². The Hall–Kier alpha value is -4.16. The number of benzene rings is 1. The van der Waals surface area contributed by atoms with Crippen LogP contribution in [-0.4, -0.2) is 59.0 Å². The van der Waals surface area contributed by atoms with E-state index in [0.29, 0.717) is 12.0 Å². The molecule has 0 saturated heterocycles. The predicted molar refractivity (Wildman–Crippen MR) is 115 cm³/mol. The number of amides is 3. The van der Waals surface area contributed by atoms with Crippen molar-refractivity contribution in [2.45, 2.75) is 6.42 Å². The van der Waals surface area contributed by atoms with Crippen LogP contribution in [0.2, 0.25) is 0 Å². The smallest absolute Gasteiger partial charge is 0.333 e. The summed E-state index contributed by atoms with van der Waals surface area (Å²) in [6.07, 6.45) is 1.84. The van der Waals surface area contributed by atoms with Gasteiger partial charge in [-0.25, -0.2) is 19.9 Å². The van der Waals surface area contributed by atoms with Crippen LogP contribution in [-0.2, 0) is 20.8 Å². The Morgan fingerprint density at radius 3 is 2.45 bits per heavy atom. The standard InChI is InChI=1S/C21H21FN6O5/c1-28(2)26-19(30)16-17(29)15-14(18(24-16)25-20(31)21(32)27-33-3)9-12(10-23-15)8-11-4-6-13(22)7-5-11/h4-7,9-10,29H,8H2,1-3H3,(H,26,30)(H,27,32)(H,24,25,31). The minimum Gasteiger partial charge on any atom is -0.504 e. The molecule has 3 amide bonds. The van der Waals surface area contributed by atoms with Crippen molar-refractivity contribution in [3.8, 4) is 5.75 Å². The van der Waals surface area contributed by atoms with Crippen LogP contribution >= 0.6 is 0 Å². The van der Waals surface area contributed by atoms with E-state index in [2.05, 4.69) is 25.5 Å². The number of hydrogen-bond donors (Lipinski definition) is 4. The number of aromatic hydroxyl groups is 1.